The van der Waals surface area contributed by atoms with Gasteiger partial charge in [-0.3, -0.25) is 4.79 Å². The van der Waals surface area contributed by atoms with Gasteiger partial charge in [-0.2, -0.15) is 0 Å². The molecule has 0 fully saturated rings. The number of urea groups is 1. The zero-order valence-corrected chi connectivity index (χ0v) is 8.53. The molecule has 0 bridgehead atoms. The Morgan fingerprint density at radius 2 is 1.93 bits per heavy atom. The summed E-state index contributed by atoms with van der Waals surface area (Å²) in [5.74, 6) is -0.102. The molecule has 0 saturated carbocycles. The van der Waals surface area contributed by atoms with Crippen molar-refractivity contribution in [3.05, 3.63) is 24.3 Å². The third-order valence-electron chi connectivity index (χ3n) is 1.62. The summed E-state index contributed by atoms with van der Waals surface area (Å²) in [4.78, 5) is 21.8. The fourth-order valence-corrected chi connectivity index (χ4v) is 0.999. The van der Waals surface area contributed by atoms with Crippen molar-refractivity contribution in [1.29, 1.82) is 0 Å². The van der Waals surface area contributed by atoms with Crippen LogP contribution in [0.15, 0.2) is 24.3 Å². The molecule has 5 heteroatoms. The summed E-state index contributed by atoms with van der Waals surface area (Å²) in [5.41, 5.74) is 0.451. The molecule has 2 amide bonds. The molecule has 0 spiro atoms. The molecule has 0 heterocycles. The Labute approximate surface area is 87.4 Å². The number of carbonyl (C=O) groups excluding carboxylic acids is 2. The van der Waals surface area contributed by atoms with Crippen LogP contribution in [0.2, 0.25) is 0 Å². The average molecular weight is 208 g/mol. The van der Waals surface area contributed by atoms with Gasteiger partial charge in [-0.1, -0.05) is 12.1 Å². The van der Waals surface area contributed by atoms with Crippen LogP contribution < -0.4 is 15.4 Å². The van der Waals surface area contributed by atoms with Crippen molar-refractivity contribution in [1.82, 2.24) is 5.32 Å². The lowest BCUT2D eigenvalue weighted by molar-refractivity contribution is -0.131. The minimum atomic E-state index is -0.429. The zero-order valence-electron chi connectivity index (χ0n) is 8.53. The number of anilines is 1. The summed E-state index contributed by atoms with van der Waals surface area (Å²) in [6, 6.07) is 6.33. The van der Waals surface area contributed by atoms with Crippen LogP contribution in [0.4, 0.5) is 10.5 Å². The van der Waals surface area contributed by atoms with E-state index in [-0.39, 0.29) is 6.03 Å². The Bertz CT molecular complexity index is 377. The van der Waals surface area contributed by atoms with Gasteiger partial charge in [-0.25, -0.2) is 4.79 Å². The molecule has 0 atom stereocenters. The Hall–Kier alpha value is -2.04. The second kappa shape index (κ2) is 4.99. The number of hydrogen-bond acceptors (Lipinski definition) is 3. The second-order valence-corrected chi connectivity index (χ2v) is 2.79. The molecule has 1 aromatic carbocycles. The minimum Gasteiger partial charge on any atom is -0.424 e. The highest BCUT2D eigenvalue weighted by Gasteiger charge is 2.07. The standard InChI is InChI=1S/C10H12N2O3/c1-7(13)15-9-6-4-3-5-8(9)12-10(14)11-2/h3-6H,1-2H3,(H2,11,12,14). The molecular weight excluding hydrogens is 196 g/mol. The van der Waals surface area contributed by atoms with E-state index in [9.17, 15) is 9.59 Å². The van der Waals surface area contributed by atoms with E-state index in [0.717, 1.165) is 0 Å². The van der Waals surface area contributed by atoms with Crippen LogP contribution in [-0.2, 0) is 4.79 Å². The zero-order chi connectivity index (χ0) is 11.3. The number of carbonyl (C=O) groups is 2. The quantitative estimate of drug-likeness (QED) is 0.569. The van der Waals surface area contributed by atoms with Gasteiger partial charge in [-0.05, 0) is 12.1 Å². The van der Waals surface area contributed by atoms with Crippen LogP contribution in [0.1, 0.15) is 6.92 Å². The van der Waals surface area contributed by atoms with Crippen molar-refractivity contribution in [2.75, 3.05) is 12.4 Å². The number of benzene rings is 1. The molecule has 1 aromatic rings. The van der Waals surface area contributed by atoms with Crippen LogP contribution in [0.3, 0.4) is 0 Å². The van der Waals surface area contributed by atoms with E-state index in [1.807, 2.05) is 0 Å². The number of esters is 1. The van der Waals surface area contributed by atoms with Gasteiger partial charge in [0, 0.05) is 14.0 Å². The van der Waals surface area contributed by atoms with Gasteiger partial charge < -0.3 is 15.4 Å². The average Bonchev–Trinajstić information content (AvgIpc) is 2.20. The van der Waals surface area contributed by atoms with E-state index in [1.54, 1.807) is 24.3 Å². The molecular formula is C10H12N2O3. The Kier molecular flexibility index (Phi) is 3.68. The van der Waals surface area contributed by atoms with Gasteiger partial charge in [0.25, 0.3) is 0 Å². The lowest BCUT2D eigenvalue weighted by Gasteiger charge is -2.09. The number of amides is 2. The SMILES string of the molecule is CNC(=O)Nc1ccccc1OC(C)=O. The van der Waals surface area contributed by atoms with Gasteiger partial charge in [0.2, 0.25) is 0 Å². The highest BCUT2D eigenvalue weighted by molar-refractivity contribution is 5.91. The Morgan fingerprint density at radius 3 is 2.53 bits per heavy atom. The van der Waals surface area contributed by atoms with Gasteiger partial charge in [0.15, 0.2) is 5.75 Å². The molecule has 1 rings (SSSR count). The predicted octanol–water partition coefficient (Wildman–Crippen LogP) is 1.36. The maximum Gasteiger partial charge on any atom is 0.319 e. The van der Waals surface area contributed by atoms with E-state index in [4.69, 9.17) is 4.74 Å². The van der Waals surface area contributed by atoms with Crippen LogP contribution in [0.5, 0.6) is 5.75 Å². The van der Waals surface area contributed by atoms with Crippen molar-refractivity contribution in [3.63, 3.8) is 0 Å². The minimum absolute atomic E-state index is 0.327. The monoisotopic (exact) mass is 208 g/mol. The summed E-state index contributed by atoms with van der Waals surface area (Å²) in [7, 11) is 1.50. The summed E-state index contributed by atoms with van der Waals surface area (Å²) in [5, 5.41) is 4.94. The number of para-hydroxylation sites is 2. The van der Waals surface area contributed by atoms with Crippen molar-refractivity contribution in [3.8, 4) is 5.75 Å². The van der Waals surface area contributed by atoms with Gasteiger partial charge in [-0.15, -0.1) is 0 Å². The molecule has 0 radical (unpaired) electrons. The summed E-state index contributed by atoms with van der Waals surface area (Å²) >= 11 is 0. The van der Waals surface area contributed by atoms with Crippen LogP contribution >= 0.6 is 0 Å². The highest BCUT2D eigenvalue weighted by atomic mass is 16.5. The van der Waals surface area contributed by atoms with E-state index in [0.29, 0.717) is 11.4 Å². The van der Waals surface area contributed by atoms with Crippen LogP contribution in [-0.4, -0.2) is 19.0 Å². The summed E-state index contributed by atoms with van der Waals surface area (Å²) in [6.07, 6.45) is 0. The first-order valence-corrected chi connectivity index (χ1v) is 4.39. The van der Waals surface area contributed by atoms with E-state index < -0.39 is 5.97 Å². The molecule has 2 N–H and O–H groups in total. The molecule has 15 heavy (non-hydrogen) atoms. The molecule has 0 aliphatic carbocycles. The molecule has 5 nitrogen and oxygen atoms in total. The van der Waals surface area contributed by atoms with Crippen molar-refractivity contribution < 1.29 is 14.3 Å². The maximum absolute atomic E-state index is 11.1. The van der Waals surface area contributed by atoms with Crippen LogP contribution in [0, 0.1) is 0 Å². The van der Waals surface area contributed by atoms with E-state index in [1.165, 1.54) is 14.0 Å². The summed E-state index contributed by atoms with van der Waals surface area (Å²) < 4.78 is 4.91. The predicted molar refractivity (Wildman–Crippen MR) is 55.8 cm³/mol. The molecule has 0 aliphatic heterocycles. The van der Waals surface area contributed by atoms with Gasteiger partial charge in [0.05, 0.1) is 5.69 Å². The number of rotatable bonds is 2. The van der Waals surface area contributed by atoms with Crippen molar-refractivity contribution in [2.24, 2.45) is 0 Å². The smallest absolute Gasteiger partial charge is 0.319 e. The van der Waals surface area contributed by atoms with Gasteiger partial charge in [0.1, 0.15) is 0 Å². The van der Waals surface area contributed by atoms with Crippen molar-refractivity contribution in [2.45, 2.75) is 6.92 Å². The lowest BCUT2D eigenvalue weighted by Crippen LogP contribution is -2.24. The van der Waals surface area contributed by atoms with Crippen LogP contribution in [0.25, 0.3) is 0 Å². The van der Waals surface area contributed by atoms with E-state index in [2.05, 4.69) is 10.6 Å². The molecule has 0 unspecified atom stereocenters. The maximum atomic E-state index is 11.1. The first-order valence-electron chi connectivity index (χ1n) is 4.39. The highest BCUT2D eigenvalue weighted by Crippen LogP contribution is 2.23. The normalized spacial score (nSPS) is 9.20. The molecule has 80 valence electrons. The number of nitrogens with one attached hydrogen (secondary N) is 2. The second-order valence-electron chi connectivity index (χ2n) is 2.79. The fourth-order valence-electron chi connectivity index (χ4n) is 0.999. The van der Waals surface area contributed by atoms with Crippen molar-refractivity contribution >= 4 is 17.7 Å². The van der Waals surface area contributed by atoms with E-state index >= 15 is 0 Å². The topological polar surface area (TPSA) is 67.4 Å². The molecule has 0 aliphatic rings. The summed E-state index contributed by atoms with van der Waals surface area (Å²) in [6.45, 7) is 1.30. The Morgan fingerprint density at radius 1 is 1.27 bits per heavy atom. The number of hydrogen-bond donors (Lipinski definition) is 2. The third-order valence-corrected chi connectivity index (χ3v) is 1.62. The first-order chi connectivity index (χ1) is 7.13. The number of ether oxygens (including phenoxy) is 1. The fraction of sp³-hybridized carbons (Fsp3) is 0.200. The third kappa shape index (κ3) is 3.30. The largest absolute Gasteiger partial charge is 0.424 e. The Balaban J connectivity index is 2.85. The first kappa shape index (κ1) is 11.0. The van der Waals surface area contributed by atoms with Gasteiger partial charge >= 0.3 is 12.0 Å². The molecule has 0 saturated heterocycles. The lowest BCUT2D eigenvalue weighted by atomic mass is 10.3. The molecule has 0 aromatic heterocycles.